The molecule has 0 aromatic carbocycles. The molecule has 9 nitrogen and oxygen atoms in total. The van der Waals surface area contributed by atoms with Crippen molar-refractivity contribution in [2.45, 2.75) is 47.0 Å². The first-order valence-electron chi connectivity index (χ1n) is 7.67. The molecule has 24 heavy (non-hydrogen) atoms. The van der Waals surface area contributed by atoms with Crippen molar-refractivity contribution in [2.24, 2.45) is 0 Å². The van der Waals surface area contributed by atoms with Crippen LogP contribution in [-0.2, 0) is 47.8 Å². The SMILES string of the molecule is CCCS(=O)(=O)[O][Ti](=[O])([O]CC)([S](=O)(=O)CCC)[S](=O)(=O)CCC. The zero-order valence-electron chi connectivity index (χ0n) is 14.3. The molecule has 0 spiro atoms. The van der Waals surface area contributed by atoms with Crippen LogP contribution in [0.5, 0.6) is 0 Å². The van der Waals surface area contributed by atoms with E-state index in [1.54, 1.807) is 0 Å². The molecule has 0 radical (unpaired) electrons. The van der Waals surface area contributed by atoms with E-state index in [0.717, 1.165) is 0 Å². The van der Waals surface area contributed by atoms with Gasteiger partial charge >= 0.3 is 144 Å². The van der Waals surface area contributed by atoms with Crippen LogP contribution < -0.4 is 0 Å². The third kappa shape index (κ3) is 4.33. The molecule has 0 aliphatic carbocycles. The molecule has 0 rings (SSSR count). The second-order valence-electron chi connectivity index (χ2n) is 5.25. The Kier molecular flexibility index (Phi) is 8.42. The standard InChI is InChI=1S/C3H8O3S.2C3H7O2S.C2H5O.O.Ti/c1-2-3-7(4,5)6;2*1-2-3-6(4)5;1-2-3;;/h2-3H2,1H3,(H,4,5,6);2*2-3H2,1H3;2H2,1H3;;/q;;;-1;;+2/p-1. The van der Waals surface area contributed by atoms with Crippen molar-refractivity contribution in [3.63, 3.8) is 0 Å². The van der Waals surface area contributed by atoms with Gasteiger partial charge in [0.05, 0.1) is 0 Å². The molecular formula is C11H26O9S3Ti. The second-order valence-corrected chi connectivity index (χ2v) is 26.7. The molecule has 0 fully saturated rings. The summed E-state index contributed by atoms with van der Waals surface area (Å²) in [7, 11) is -14.7. The summed E-state index contributed by atoms with van der Waals surface area (Å²) in [6, 6.07) is 0. The van der Waals surface area contributed by atoms with Crippen LogP contribution in [0.15, 0.2) is 0 Å². The molecule has 0 N–H and O–H groups in total. The Morgan fingerprint density at radius 1 is 0.708 bits per heavy atom. The normalized spacial score (nSPS) is 14.7. The molecular weight excluding hydrogens is 420 g/mol. The van der Waals surface area contributed by atoms with Gasteiger partial charge in [-0.1, -0.05) is 0 Å². The van der Waals surface area contributed by atoms with Gasteiger partial charge in [-0.25, -0.2) is 0 Å². The molecule has 146 valence electrons. The van der Waals surface area contributed by atoms with Crippen LogP contribution in [0.2, 0.25) is 0 Å². The van der Waals surface area contributed by atoms with E-state index in [2.05, 4.69) is 2.76 Å². The Morgan fingerprint density at radius 2 is 1.08 bits per heavy atom. The summed E-state index contributed by atoms with van der Waals surface area (Å²) in [6.45, 7) is 4.95. The van der Waals surface area contributed by atoms with E-state index in [9.17, 15) is 28.6 Å². The monoisotopic (exact) mass is 446 g/mol. The van der Waals surface area contributed by atoms with Gasteiger partial charge in [0.2, 0.25) is 0 Å². The summed E-state index contributed by atoms with van der Waals surface area (Å²) in [5.74, 6) is -2.32. The summed E-state index contributed by atoms with van der Waals surface area (Å²) in [4.78, 5) is 0. The molecule has 0 aromatic heterocycles. The van der Waals surface area contributed by atoms with Crippen LogP contribution in [0.3, 0.4) is 0 Å². The van der Waals surface area contributed by atoms with Gasteiger partial charge < -0.3 is 0 Å². The Labute approximate surface area is 143 Å². The van der Waals surface area contributed by atoms with Crippen LogP contribution in [0.4, 0.5) is 0 Å². The molecule has 0 unspecified atom stereocenters. The molecule has 0 saturated heterocycles. The van der Waals surface area contributed by atoms with Gasteiger partial charge in [-0.05, 0) is 0 Å². The minimum absolute atomic E-state index is 0.0263. The first-order valence-corrected chi connectivity index (χ1v) is 18.3. The molecule has 0 atom stereocenters. The average Bonchev–Trinajstić information content (AvgIpc) is 2.37. The zero-order valence-corrected chi connectivity index (χ0v) is 18.4. The van der Waals surface area contributed by atoms with Crippen LogP contribution in [0, 0.1) is 0 Å². The Hall–Kier alpha value is 0.284. The van der Waals surface area contributed by atoms with Crippen molar-refractivity contribution in [2.75, 3.05) is 23.9 Å². The summed E-state index contributed by atoms with van der Waals surface area (Å²) in [5, 5.41) is 0. The van der Waals surface area contributed by atoms with Crippen LogP contribution in [-0.4, -0.2) is 49.1 Å². The van der Waals surface area contributed by atoms with Gasteiger partial charge in [0.15, 0.2) is 0 Å². The molecule has 0 heterocycles. The molecule has 0 saturated carbocycles. The Balaban J connectivity index is 6.94. The van der Waals surface area contributed by atoms with E-state index in [4.69, 9.17) is 3.32 Å². The number of hydrogen-bond donors (Lipinski definition) is 0. The first-order chi connectivity index (χ1) is 10.8. The number of hydrogen-bond acceptors (Lipinski definition) is 9. The Bertz CT molecular complexity index is 754. The van der Waals surface area contributed by atoms with Crippen LogP contribution in [0.1, 0.15) is 47.0 Å². The van der Waals surface area contributed by atoms with Crippen molar-refractivity contribution in [3.8, 4) is 0 Å². The third-order valence-corrected chi connectivity index (χ3v) is 32.4. The fourth-order valence-corrected chi connectivity index (χ4v) is 31.6. The summed E-state index contributed by atoms with van der Waals surface area (Å²) in [6.07, 6.45) is -0.121. The Morgan fingerprint density at radius 3 is 1.38 bits per heavy atom. The summed E-state index contributed by atoms with van der Waals surface area (Å²) in [5.41, 5.74) is 0. The van der Waals surface area contributed by atoms with Gasteiger partial charge in [-0.2, -0.15) is 0 Å². The molecule has 0 aliphatic rings. The molecule has 0 aromatic rings. The average molecular weight is 446 g/mol. The fraction of sp³-hybridized carbons (Fsp3) is 1.00. The van der Waals surface area contributed by atoms with Gasteiger partial charge in [0, 0.05) is 0 Å². The molecule has 0 bridgehead atoms. The van der Waals surface area contributed by atoms with Gasteiger partial charge in [0.1, 0.15) is 0 Å². The van der Waals surface area contributed by atoms with Crippen molar-refractivity contribution in [1.82, 2.24) is 0 Å². The van der Waals surface area contributed by atoms with E-state index >= 15 is 0 Å². The summed E-state index contributed by atoms with van der Waals surface area (Å²) < 4.78 is 97.6. The van der Waals surface area contributed by atoms with E-state index in [0.29, 0.717) is 0 Å². The second kappa shape index (κ2) is 8.32. The van der Waals surface area contributed by atoms with Crippen molar-refractivity contribution in [1.29, 1.82) is 0 Å². The van der Waals surface area contributed by atoms with E-state index < -0.39 is 62.3 Å². The zero-order chi connectivity index (χ0) is 19.3. The minimum atomic E-state index is -7.76. The maximum atomic E-state index is 13.6. The van der Waals surface area contributed by atoms with E-state index in [1.807, 2.05) is 0 Å². The van der Waals surface area contributed by atoms with Crippen LogP contribution >= 0.6 is 0 Å². The van der Waals surface area contributed by atoms with Gasteiger partial charge in [-0.3, -0.25) is 0 Å². The molecule has 13 heteroatoms. The van der Waals surface area contributed by atoms with Crippen molar-refractivity contribution >= 4 is 25.0 Å². The van der Waals surface area contributed by atoms with E-state index in [1.165, 1.54) is 27.7 Å². The van der Waals surface area contributed by atoms with Gasteiger partial charge in [-0.15, -0.1) is 0 Å². The van der Waals surface area contributed by atoms with Crippen molar-refractivity contribution < 1.29 is 48.1 Å². The maximum absolute atomic E-state index is 13.6. The van der Waals surface area contributed by atoms with Crippen molar-refractivity contribution in [3.05, 3.63) is 0 Å². The molecule has 0 aliphatic heterocycles. The predicted molar refractivity (Wildman–Crippen MR) is 85.6 cm³/mol. The quantitative estimate of drug-likeness (QED) is 0.404. The van der Waals surface area contributed by atoms with E-state index in [-0.39, 0.29) is 19.3 Å². The first kappa shape index (κ1) is 24.3. The predicted octanol–water partition coefficient (Wildman–Crippen LogP) is 1.12. The fourth-order valence-electron chi connectivity index (χ4n) is 2.11. The van der Waals surface area contributed by atoms with Gasteiger partial charge in [0.25, 0.3) is 0 Å². The van der Waals surface area contributed by atoms with Crippen LogP contribution in [0.25, 0.3) is 0 Å². The topological polar surface area (TPSA) is 138 Å². The molecule has 0 amide bonds. The summed E-state index contributed by atoms with van der Waals surface area (Å²) >= 11 is -7.76. The third-order valence-electron chi connectivity index (χ3n) is 3.06. The number of rotatable bonds is 12.